The van der Waals surface area contributed by atoms with E-state index in [0.717, 1.165) is 12.8 Å². The molecule has 18 heavy (non-hydrogen) atoms. The van der Waals surface area contributed by atoms with Gasteiger partial charge < -0.3 is 10.1 Å². The van der Waals surface area contributed by atoms with Crippen molar-refractivity contribution in [3.05, 3.63) is 33.3 Å². The lowest BCUT2D eigenvalue weighted by molar-refractivity contribution is 0.0136. The number of carbonyl (C=O) groups is 1. The van der Waals surface area contributed by atoms with Gasteiger partial charge in [0.2, 0.25) is 0 Å². The molecule has 1 fully saturated rings. The fraction of sp³-hybridized carbons (Fsp3) is 0.462. The maximum absolute atomic E-state index is 12.1. The zero-order valence-electron chi connectivity index (χ0n) is 10.1. The Morgan fingerprint density at radius 1 is 1.56 bits per heavy atom. The van der Waals surface area contributed by atoms with Crippen LogP contribution < -0.4 is 5.32 Å². The van der Waals surface area contributed by atoms with Crippen LogP contribution in [0.2, 0.25) is 5.02 Å². The van der Waals surface area contributed by atoms with Gasteiger partial charge in [0.05, 0.1) is 11.7 Å². The lowest BCUT2D eigenvalue weighted by Gasteiger charge is -2.28. The maximum Gasteiger partial charge on any atom is 0.252 e. The largest absolute Gasteiger partial charge is 0.378 e. The molecule has 1 aromatic carbocycles. The second kappa shape index (κ2) is 6.04. The number of halogens is 2. The number of hydrogen-bond donors (Lipinski definition) is 1. The molecule has 0 spiro atoms. The smallest absolute Gasteiger partial charge is 0.252 e. The van der Waals surface area contributed by atoms with Crippen LogP contribution in [0.4, 0.5) is 0 Å². The predicted octanol–water partition coefficient (Wildman–Crippen LogP) is 3.40. The van der Waals surface area contributed by atoms with Gasteiger partial charge in [0.1, 0.15) is 0 Å². The third kappa shape index (κ3) is 3.46. The van der Waals surface area contributed by atoms with E-state index in [0.29, 0.717) is 21.7 Å². The second-order valence-corrected chi connectivity index (χ2v) is 5.79. The normalized spacial score (nSPS) is 23.7. The standard InChI is InChI=1S/C13H15BrClNO2/c1-8-6-10(4-5-18-8)16-13(17)11-3-2-9(15)7-12(11)14/h2-3,7-8,10H,4-6H2,1H3,(H,16,17). The fourth-order valence-electron chi connectivity index (χ4n) is 2.07. The molecule has 1 N–H and O–H groups in total. The van der Waals surface area contributed by atoms with E-state index < -0.39 is 0 Å². The number of nitrogens with one attached hydrogen (secondary N) is 1. The molecule has 2 unspecified atom stereocenters. The Morgan fingerprint density at radius 2 is 2.33 bits per heavy atom. The van der Waals surface area contributed by atoms with E-state index in [9.17, 15) is 4.79 Å². The van der Waals surface area contributed by atoms with Gasteiger partial charge in [0, 0.05) is 22.1 Å². The van der Waals surface area contributed by atoms with E-state index in [1.807, 2.05) is 6.92 Å². The minimum Gasteiger partial charge on any atom is -0.378 e. The summed E-state index contributed by atoms with van der Waals surface area (Å²) in [6.07, 6.45) is 1.93. The van der Waals surface area contributed by atoms with Crippen LogP contribution in [0.1, 0.15) is 30.1 Å². The van der Waals surface area contributed by atoms with Gasteiger partial charge in [-0.3, -0.25) is 4.79 Å². The number of amides is 1. The van der Waals surface area contributed by atoms with Gasteiger partial charge in [-0.15, -0.1) is 0 Å². The highest BCUT2D eigenvalue weighted by molar-refractivity contribution is 9.10. The second-order valence-electron chi connectivity index (χ2n) is 4.50. The highest BCUT2D eigenvalue weighted by Crippen LogP contribution is 2.22. The molecule has 1 aliphatic rings. The van der Waals surface area contributed by atoms with E-state index in [1.165, 1.54) is 0 Å². The Labute approximate surface area is 120 Å². The lowest BCUT2D eigenvalue weighted by Crippen LogP contribution is -2.41. The van der Waals surface area contributed by atoms with Crippen molar-refractivity contribution in [2.75, 3.05) is 6.61 Å². The summed E-state index contributed by atoms with van der Waals surface area (Å²) in [6.45, 7) is 2.73. The van der Waals surface area contributed by atoms with Crippen LogP contribution in [-0.4, -0.2) is 24.7 Å². The quantitative estimate of drug-likeness (QED) is 0.901. The van der Waals surface area contributed by atoms with Crippen LogP contribution in [0.15, 0.2) is 22.7 Å². The molecular formula is C13H15BrClNO2. The first-order chi connectivity index (χ1) is 8.56. The molecular weight excluding hydrogens is 318 g/mol. The summed E-state index contributed by atoms with van der Waals surface area (Å²) in [5.74, 6) is -0.0716. The summed E-state index contributed by atoms with van der Waals surface area (Å²) >= 11 is 9.21. The Morgan fingerprint density at radius 3 is 3.00 bits per heavy atom. The average Bonchev–Trinajstić information content (AvgIpc) is 2.28. The van der Waals surface area contributed by atoms with Crippen LogP contribution in [-0.2, 0) is 4.74 Å². The van der Waals surface area contributed by atoms with Crippen molar-refractivity contribution in [3.8, 4) is 0 Å². The van der Waals surface area contributed by atoms with Crippen LogP contribution in [0.5, 0.6) is 0 Å². The zero-order valence-corrected chi connectivity index (χ0v) is 12.4. The van der Waals surface area contributed by atoms with E-state index >= 15 is 0 Å². The third-order valence-electron chi connectivity index (χ3n) is 3.00. The maximum atomic E-state index is 12.1. The minimum absolute atomic E-state index is 0.0716. The number of benzene rings is 1. The van der Waals surface area contributed by atoms with Gasteiger partial charge in [0.25, 0.3) is 5.91 Å². The summed E-state index contributed by atoms with van der Waals surface area (Å²) in [5, 5.41) is 3.64. The highest BCUT2D eigenvalue weighted by atomic mass is 79.9. The van der Waals surface area contributed by atoms with Gasteiger partial charge in [-0.25, -0.2) is 0 Å². The topological polar surface area (TPSA) is 38.3 Å². The highest BCUT2D eigenvalue weighted by Gasteiger charge is 2.22. The number of rotatable bonds is 2. The number of carbonyl (C=O) groups excluding carboxylic acids is 1. The molecule has 5 heteroatoms. The Balaban J connectivity index is 2.03. The van der Waals surface area contributed by atoms with Crippen molar-refractivity contribution < 1.29 is 9.53 Å². The average molecular weight is 333 g/mol. The molecule has 1 aliphatic heterocycles. The summed E-state index contributed by atoms with van der Waals surface area (Å²) in [6, 6.07) is 5.35. The van der Waals surface area contributed by atoms with Crippen LogP contribution in [0.25, 0.3) is 0 Å². The van der Waals surface area contributed by atoms with Crippen molar-refractivity contribution in [2.45, 2.75) is 31.9 Å². The van der Waals surface area contributed by atoms with Gasteiger partial charge in [-0.2, -0.15) is 0 Å². The Bertz CT molecular complexity index is 453. The molecule has 3 nitrogen and oxygen atoms in total. The van der Waals surface area contributed by atoms with E-state index in [-0.39, 0.29) is 18.1 Å². The molecule has 1 saturated heterocycles. The SMILES string of the molecule is CC1CC(NC(=O)c2ccc(Cl)cc2Br)CCO1. The monoisotopic (exact) mass is 331 g/mol. The van der Waals surface area contributed by atoms with Crippen molar-refractivity contribution >= 4 is 33.4 Å². The van der Waals surface area contributed by atoms with Crippen LogP contribution in [0, 0.1) is 0 Å². The van der Waals surface area contributed by atoms with Crippen LogP contribution >= 0.6 is 27.5 Å². The Hall–Kier alpha value is -0.580. The van der Waals surface area contributed by atoms with E-state index in [2.05, 4.69) is 21.2 Å². The van der Waals surface area contributed by atoms with Gasteiger partial charge >= 0.3 is 0 Å². The first-order valence-corrected chi connectivity index (χ1v) is 7.11. The lowest BCUT2D eigenvalue weighted by atomic mass is 10.0. The molecule has 2 rings (SSSR count). The summed E-state index contributed by atoms with van der Waals surface area (Å²) < 4.78 is 6.17. The minimum atomic E-state index is -0.0716. The Kier molecular flexibility index (Phi) is 4.65. The summed E-state index contributed by atoms with van der Waals surface area (Å²) in [7, 11) is 0. The summed E-state index contributed by atoms with van der Waals surface area (Å²) in [4.78, 5) is 12.1. The van der Waals surface area contributed by atoms with E-state index in [1.54, 1.807) is 18.2 Å². The molecule has 0 aliphatic carbocycles. The number of hydrogen-bond acceptors (Lipinski definition) is 2. The van der Waals surface area contributed by atoms with Gasteiger partial charge in [-0.05, 0) is 53.9 Å². The van der Waals surface area contributed by atoms with Crippen LogP contribution in [0.3, 0.4) is 0 Å². The predicted molar refractivity (Wildman–Crippen MR) is 75.1 cm³/mol. The first kappa shape index (κ1) is 13.8. The van der Waals surface area contributed by atoms with Crippen molar-refractivity contribution in [1.29, 1.82) is 0 Å². The van der Waals surface area contributed by atoms with Crippen molar-refractivity contribution in [2.24, 2.45) is 0 Å². The molecule has 1 amide bonds. The molecule has 98 valence electrons. The first-order valence-electron chi connectivity index (χ1n) is 5.94. The zero-order chi connectivity index (χ0) is 13.1. The van der Waals surface area contributed by atoms with Gasteiger partial charge in [0.15, 0.2) is 0 Å². The van der Waals surface area contributed by atoms with Crippen molar-refractivity contribution in [3.63, 3.8) is 0 Å². The molecule has 0 aromatic heterocycles. The molecule has 1 aromatic rings. The summed E-state index contributed by atoms with van der Waals surface area (Å²) in [5.41, 5.74) is 0.610. The molecule has 1 heterocycles. The molecule has 0 bridgehead atoms. The fourth-order valence-corrected chi connectivity index (χ4v) is 2.93. The molecule has 0 radical (unpaired) electrons. The number of ether oxygens (including phenoxy) is 1. The molecule has 2 atom stereocenters. The van der Waals surface area contributed by atoms with Gasteiger partial charge in [-0.1, -0.05) is 11.6 Å². The van der Waals surface area contributed by atoms with Crippen molar-refractivity contribution in [1.82, 2.24) is 5.32 Å². The third-order valence-corrected chi connectivity index (χ3v) is 3.89. The van der Waals surface area contributed by atoms with E-state index in [4.69, 9.17) is 16.3 Å². The molecule has 0 saturated carbocycles.